The van der Waals surface area contributed by atoms with Crippen LogP contribution in [0, 0.1) is 29.0 Å². The SMILES string of the molecule is CSNC1CC2C(C1)C2C(=O)NC(c1c(F)ccc(Cl)c1Cl)C1(C)CCCC1. The highest BCUT2D eigenvalue weighted by Crippen LogP contribution is 2.58. The first-order chi connectivity index (χ1) is 13.4. The molecular weight excluding hydrogens is 418 g/mol. The van der Waals surface area contributed by atoms with Crippen LogP contribution in [0.15, 0.2) is 12.1 Å². The second-order valence-electron chi connectivity index (χ2n) is 8.90. The molecule has 0 aromatic heterocycles. The Labute approximate surface area is 180 Å². The summed E-state index contributed by atoms with van der Waals surface area (Å²) in [6.45, 7) is 2.13. The highest BCUT2D eigenvalue weighted by Gasteiger charge is 2.60. The maximum absolute atomic E-state index is 14.8. The number of nitrogens with one attached hydrogen (secondary N) is 2. The van der Waals surface area contributed by atoms with E-state index in [4.69, 9.17) is 23.2 Å². The first-order valence-electron chi connectivity index (χ1n) is 10.1. The van der Waals surface area contributed by atoms with Crippen LogP contribution in [0.2, 0.25) is 10.0 Å². The molecule has 7 heteroatoms. The molecule has 3 nitrogen and oxygen atoms in total. The van der Waals surface area contributed by atoms with Crippen molar-refractivity contribution in [2.24, 2.45) is 23.2 Å². The Kier molecular flexibility index (Phi) is 5.92. The van der Waals surface area contributed by atoms with Gasteiger partial charge in [0.15, 0.2) is 0 Å². The first kappa shape index (κ1) is 20.8. The number of hydrogen-bond acceptors (Lipinski definition) is 3. The van der Waals surface area contributed by atoms with Gasteiger partial charge in [0.05, 0.1) is 16.1 Å². The van der Waals surface area contributed by atoms with Gasteiger partial charge in [0, 0.05) is 17.5 Å². The van der Waals surface area contributed by atoms with E-state index < -0.39 is 11.9 Å². The molecule has 154 valence electrons. The second kappa shape index (κ2) is 7.98. The molecule has 1 aromatic rings. The van der Waals surface area contributed by atoms with E-state index in [2.05, 4.69) is 17.0 Å². The van der Waals surface area contributed by atoms with Gasteiger partial charge in [-0.25, -0.2) is 4.39 Å². The van der Waals surface area contributed by atoms with E-state index in [1.54, 1.807) is 11.9 Å². The third-order valence-corrected chi connectivity index (χ3v) is 8.52. The number of benzene rings is 1. The Hall–Kier alpha value is -0.490. The largest absolute Gasteiger partial charge is 0.348 e. The van der Waals surface area contributed by atoms with E-state index in [0.29, 0.717) is 28.5 Å². The molecule has 4 rings (SSSR count). The quantitative estimate of drug-likeness (QED) is 0.432. The Balaban J connectivity index is 1.55. The van der Waals surface area contributed by atoms with Gasteiger partial charge < -0.3 is 5.32 Å². The summed E-state index contributed by atoms with van der Waals surface area (Å²) < 4.78 is 18.2. The van der Waals surface area contributed by atoms with Gasteiger partial charge in [-0.15, -0.1) is 0 Å². The summed E-state index contributed by atoms with van der Waals surface area (Å²) in [5.41, 5.74) is 0.136. The lowest BCUT2D eigenvalue weighted by Crippen LogP contribution is -2.40. The van der Waals surface area contributed by atoms with E-state index in [0.717, 1.165) is 38.5 Å². The van der Waals surface area contributed by atoms with Crippen molar-refractivity contribution in [2.75, 3.05) is 6.26 Å². The number of carbonyl (C=O) groups excluding carboxylic acids is 1. The van der Waals surface area contributed by atoms with Crippen molar-refractivity contribution in [1.29, 1.82) is 0 Å². The van der Waals surface area contributed by atoms with Crippen LogP contribution in [0.25, 0.3) is 0 Å². The fourth-order valence-electron chi connectivity index (χ4n) is 5.60. The number of fused-ring (bicyclic) bond motifs is 1. The standard InChI is InChI=1S/C21H27Cl2FN2OS/c1-21(7-3-4-8-21)19(17-15(24)6-5-14(22)18(17)23)25-20(27)16-12-9-11(26-28-2)10-13(12)16/h5-6,11-13,16,19,26H,3-4,7-10H2,1-2H3,(H,25,27). The summed E-state index contributed by atoms with van der Waals surface area (Å²) in [6, 6.07) is 2.88. The Morgan fingerprint density at radius 3 is 2.50 bits per heavy atom. The summed E-state index contributed by atoms with van der Waals surface area (Å²) >= 11 is 14.3. The lowest BCUT2D eigenvalue weighted by atomic mass is 9.77. The van der Waals surface area contributed by atoms with Crippen LogP contribution in [0.4, 0.5) is 4.39 Å². The summed E-state index contributed by atoms with van der Waals surface area (Å²) in [7, 11) is 0. The van der Waals surface area contributed by atoms with E-state index in [1.807, 2.05) is 6.26 Å². The molecule has 3 unspecified atom stereocenters. The highest BCUT2D eigenvalue weighted by atomic mass is 35.5. The number of amides is 1. The van der Waals surface area contributed by atoms with Gasteiger partial charge in [0.1, 0.15) is 5.82 Å². The van der Waals surface area contributed by atoms with Gasteiger partial charge >= 0.3 is 0 Å². The van der Waals surface area contributed by atoms with Crippen molar-refractivity contribution in [3.8, 4) is 0 Å². The summed E-state index contributed by atoms with van der Waals surface area (Å²) in [5, 5.41) is 3.76. The van der Waals surface area contributed by atoms with Crippen molar-refractivity contribution < 1.29 is 9.18 Å². The van der Waals surface area contributed by atoms with Crippen molar-refractivity contribution >= 4 is 41.1 Å². The maximum atomic E-state index is 14.8. The normalized spacial score (nSPS) is 31.5. The molecule has 1 amide bonds. The fraction of sp³-hybridized carbons (Fsp3) is 0.667. The van der Waals surface area contributed by atoms with Gasteiger partial charge in [0.25, 0.3) is 0 Å². The predicted molar refractivity (Wildman–Crippen MR) is 114 cm³/mol. The lowest BCUT2D eigenvalue weighted by molar-refractivity contribution is -0.124. The molecule has 3 aliphatic carbocycles. The molecule has 2 N–H and O–H groups in total. The molecule has 0 heterocycles. The Morgan fingerprint density at radius 2 is 1.89 bits per heavy atom. The predicted octanol–water partition coefficient (Wildman–Crippen LogP) is 5.76. The van der Waals surface area contributed by atoms with Gasteiger partial charge in [-0.05, 0) is 61.3 Å². The lowest BCUT2D eigenvalue weighted by Gasteiger charge is -2.36. The summed E-state index contributed by atoms with van der Waals surface area (Å²) in [4.78, 5) is 13.1. The van der Waals surface area contributed by atoms with Crippen LogP contribution < -0.4 is 10.0 Å². The molecule has 3 fully saturated rings. The highest BCUT2D eigenvalue weighted by molar-refractivity contribution is 7.96. The first-order valence-corrected chi connectivity index (χ1v) is 12.1. The molecule has 0 aliphatic heterocycles. The minimum atomic E-state index is -0.449. The second-order valence-corrected chi connectivity index (χ2v) is 10.3. The average molecular weight is 445 g/mol. The maximum Gasteiger partial charge on any atom is 0.224 e. The summed E-state index contributed by atoms with van der Waals surface area (Å²) in [6.07, 6.45) is 8.16. The summed E-state index contributed by atoms with van der Waals surface area (Å²) in [5.74, 6) is 0.593. The van der Waals surface area contributed by atoms with E-state index in [-0.39, 0.29) is 22.3 Å². The topological polar surface area (TPSA) is 41.1 Å². The number of halogens is 3. The average Bonchev–Trinajstić information content (AvgIpc) is 2.97. The minimum absolute atomic E-state index is 0.0474. The Bertz CT molecular complexity index is 759. The van der Waals surface area contributed by atoms with Gasteiger partial charge in [-0.1, -0.05) is 54.9 Å². The molecule has 0 spiro atoms. The number of carbonyl (C=O) groups is 1. The zero-order valence-corrected chi connectivity index (χ0v) is 18.6. The number of rotatable bonds is 6. The van der Waals surface area contributed by atoms with E-state index in [1.165, 1.54) is 12.1 Å². The molecule has 0 saturated heterocycles. The zero-order valence-electron chi connectivity index (χ0n) is 16.2. The number of hydrogen-bond donors (Lipinski definition) is 2. The monoisotopic (exact) mass is 444 g/mol. The van der Waals surface area contributed by atoms with Gasteiger partial charge in [-0.3, -0.25) is 9.52 Å². The Morgan fingerprint density at radius 1 is 1.25 bits per heavy atom. The van der Waals surface area contributed by atoms with Gasteiger partial charge in [-0.2, -0.15) is 0 Å². The van der Waals surface area contributed by atoms with Crippen LogP contribution in [-0.4, -0.2) is 18.2 Å². The molecular formula is C21H27Cl2FN2OS. The molecule has 3 saturated carbocycles. The fourth-order valence-corrected chi connectivity index (χ4v) is 6.56. The molecule has 0 radical (unpaired) electrons. The van der Waals surface area contributed by atoms with Crippen molar-refractivity contribution in [3.63, 3.8) is 0 Å². The smallest absolute Gasteiger partial charge is 0.224 e. The third kappa shape index (κ3) is 3.68. The molecule has 3 atom stereocenters. The van der Waals surface area contributed by atoms with Crippen LogP contribution in [0.1, 0.15) is 57.1 Å². The van der Waals surface area contributed by atoms with Crippen LogP contribution in [-0.2, 0) is 4.79 Å². The molecule has 3 aliphatic rings. The molecule has 28 heavy (non-hydrogen) atoms. The van der Waals surface area contributed by atoms with Crippen molar-refractivity contribution in [3.05, 3.63) is 33.6 Å². The van der Waals surface area contributed by atoms with Crippen LogP contribution >= 0.6 is 35.1 Å². The van der Waals surface area contributed by atoms with E-state index >= 15 is 0 Å². The van der Waals surface area contributed by atoms with Crippen LogP contribution in [0.3, 0.4) is 0 Å². The van der Waals surface area contributed by atoms with Crippen molar-refractivity contribution in [2.45, 2.75) is 57.5 Å². The van der Waals surface area contributed by atoms with Gasteiger partial charge in [0.2, 0.25) is 5.91 Å². The molecule has 1 aromatic carbocycles. The van der Waals surface area contributed by atoms with Crippen molar-refractivity contribution in [1.82, 2.24) is 10.0 Å². The minimum Gasteiger partial charge on any atom is -0.348 e. The molecule has 0 bridgehead atoms. The zero-order chi connectivity index (χ0) is 20.1. The third-order valence-electron chi connectivity index (χ3n) is 7.13. The van der Waals surface area contributed by atoms with Crippen LogP contribution in [0.5, 0.6) is 0 Å². The van der Waals surface area contributed by atoms with E-state index in [9.17, 15) is 9.18 Å².